The summed E-state index contributed by atoms with van der Waals surface area (Å²) in [4.78, 5) is 12.1. The van der Waals surface area contributed by atoms with Gasteiger partial charge >= 0.3 is 0 Å². The fraction of sp³-hybridized carbons (Fsp3) is 0.500. The smallest absolute Gasteiger partial charge is 0.229 e. The van der Waals surface area contributed by atoms with E-state index in [1.54, 1.807) is 0 Å². The Labute approximate surface area is 111 Å². The molecule has 1 aliphatic rings. The molecule has 2 rings (SSSR count). The molecule has 0 saturated heterocycles. The first-order valence-corrected chi connectivity index (χ1v) is 6.60. The van der Waals surface area contributed by atoms with E-state index in [9.17, 15) is 13.6 Å². The van der Waals surface area contributed by atoms with Crippen LogP contribution in [0.25, 0.3) is 0 Å². The number of carbonyl (C=O) groups is 1. The topological polar surface area (TPSA) is 55.1 Å². The molecule has 0 radical (unpaired) electrons. The summed E-state index contributed by atoms with van der Waals surface area (Å²) >= 11 is 0. The molecule has 3 nitrogen and oxygen atoms in total. The number of hydrogen-bond donors (Lipinski definition) is 2. The maximum Gasteiger partial charge on any atom is 0.229 e. The number of amides is 1. The first kappa shape index (κ1) is 13.9. The van der Waals surface area contributed by atoms with Gasteiger partial charge in [-0.1, -0.05) is 25.3 Å². The Morgan fingerprint density at radius 2 is 1.95 bits per heavy atom. The Hall–Kier alpha value is -1.49. The molecule has 1 aliphatic carbocycles. The molecular formula is C14H18F2N2O. The zero-order chi connectivity index (χ0) is 13.8. The van der Waals surface area contributed by atoms with Crippen LogP contribution in [0.4, 0.5) is 14.5 Å². The highest BCUT2D eigenvalue weighted by Gasteiger charge is 2.27. The number of nitrogens with two attached hydrogens (primary N) is 1. The highest BCUT2D eigenvalue weighted by atomic mass is 19.2. The third kappa shape index (κ3) is 3.29. The monoisotopic (exact) mass is 268 g/mol. The van der Waals surface area contributed by atoms with Crippen LogP contribution in [0.15, 0.2) is 18.2 Å². The van der Waals surface area contributed by atoms with E-state index in [1.807, 2.05) is 0 Å². The van der Waals surface area contributed by atoms with E-state index in [1.165, 1.54) is 12.1 Å². The summed E-state index contributed by atoms with van der Waals surface area (Å²) in [7, 11) is 0. The third-order valence-electron chi connectivity index (χ3n) is 3.62. The second-order valence-corrected chi connectivity index (χ2v) is 5.00. The molecule has 0 spiro atoms. The summed E-state index contributed by atoms with van der Waals surface area (Å²) in [5.41, 5.74) is 5.85. The largest absolute Gasteiger partial charge is 0.327 e. The molecule has 1 saturated carbocycles. The maximum atomic E-state index is 13.5. The van der Waals surface area contributed by atoms with Crippen molar-refractivity contribution in [3.05, 3.63) is 29.8 Å². The highest BCUT2D eigenvalue weighted by Crippen LogP contribution is 2.24. The molecule has 5 heteroatoms. The van der Waals surface area contributed by atoms with Crippen LogP contribution in [0.3, 0.4) is 0 Å². The van der Waals surface area contributed by atoms with Crippen LogP contribution in [0.2, 0.25) is 0 Å². The summed E-state index contributed by atoms with van der Waals surface area (Å²) in [6.07, 6.45) is 4.51. The molecule has 0 bridgehead atoms. The lowest BCUT2D eigenvalue weighted by molar-refractivity contribution is -0.120. The molecule has 3 N–H and O–H groups in total. The van der Waals surface area contributed by atoms with Gasteiger partial charge in [-0.05, 0) is 25.0 Å². The number of rotatable bonds is 2. The molecule has 0 heterocycles. The Morgan fingerprint density at radius 3 is 2.74 bits per heavy atom. The molecule has 0 aliphatic heterocycles. The van der Waals surface area contributed by atoms with Gasteiger partial charge in [0.25, 0.3) is 0 Å². The van der Waals surface area contributed by atoms with Crippen molar-refractivity contribution in [1.82, 2.24) is 0 Å². The number of halogens is 2. The molecule has 1 amide bonds. The van der Waals surface area contributed by atoms with E-state index in [4.69, 9.17) is 5.73 Å². The van der Waals surface area contributed by atoms with Crippen molar-refractivity contribution in [2.24, 2.45) is 11.7 Å². The van der Waals surface area contributed by atoms with Crippen LogP contribution in [0.5, 0.6) is 0 Å². The predicted octanol–water partition coefficient (Wildman–Crippen LogP) is 2.81. The average molecular weight is 268 g/mol. The predicted molar refractivity (Wildman–Crippen MR) is 69.5 cm³/mol. The van der Waals surface area contributed by atoms with Gasteiger partial charge in [-0.3, -0.25) is 4.79 Å². The average Bonchev–Trinajstić information content (AvgIpc) is 2.59. The van der Waals surface area contributed by atoms with Gasteiger partial charge in [0.1, 0.15) is 0 Å². The second kappa shape index (κ2) is 6.10. The number of benzene rings is 1. The second-order valence-electron chi connectivity index (χ2n) is 5.00. The fourth-order valence-corrected chi connectivity index (χ4v) is 2.49. The molecule has 0 aromatic heterocycles. The van der Waals surface area contributed by atoms with Crippen LogP contribution in [0, 0.1) is 17.6 Å². The molecule has 1 aromatic rings. The van der Waals surface area contributed by atoms with Crippen molar-refractivity contribution >= 4 is 11.6 Å². The van der Waals surface area contributed by atoms with E-state index >= 15 is 0 Å². The zero-order valence-corrected chi connectivity index (χ0v) is 10.7. The zero-order valence-electron chi connectivity index (χ0n) is 10.7. The van der Waals surface area contributed by atoms with E-state index in [0.29, 0.717) is 6.42 Å². The number of anilines is 1. The summed E-state index contributed by atoms with van der Waals surface area (Å²) in [5, 5.41) is 2.44. The number of nitrogens with one attached hydrogen (secondary N) is 1. The molecular weight excluding hydrogens is 250 g/mol. The minimum atomic E-state index is -1.03. The highest BCUT2D eigenvalue weighted by molar-refractivity contribution is 5.93. The Morgan fingerprint density at radius 1 is 1.21 bits per heavy atom. The van der Waals surface area contributed by atoms with Gasteiger partial charge in [0, 0.05) is 6.04 Å². The van der Waals surface area contributed by atoms with E-state index in [2.05, 4.69) is 5.32 Å². The van der Waals surface area contributed by atoms with E-state index in [0.717, 1.165) is 31.7 Å². The van der Waals surface area contributed by atoms with Gasteiger partial charge in [-0.2, -0.15) is 0 Å². The normalized spacial score (nSPS) is 23.7. The van der Waals surface area contributed by atoms with Crippen LogP contribution in [-0.4, -0.2) is 11.9 Å². The number of hydrogen-bond acceptors (Lipinski definition) is 2. The van der Waals surface area contributed by atoms with Crippen molar-refractivity contribution in [1.29, 1.82) is 0 Å². The van der Waals surface area contributed by atoms with Crippen LogP contribution < -0.4 is 11.1 Å². The first-order valence-electron chi connectivity index (χ1n) is 6.60. The summed E-state index contributed by atoms with van der Waals surface area (Å²) < 4.78 is 26.5. The van der Waals surface area contributed by atoms with Gasteiger partial charge in [0.15, 0.2) is 11.6 Å². The molecule has 2 unspecified atom stereocenters. The molecule has 19 heavy (non-hydrogen) atoms. The van der Waals surface area contributed by atoms with Crippen molar-refractivity contribution in [3.8, 4) is 0 Å². The minimum Gasteiger partial charge on any atom is -0.327 e. The minimum absolute atomic E-state index is 0.124. The Balaban J connectivity index is 2.09. The van der Waals surface area contributed by atoms with Crippen LogP contribution >= 0.6 is 0 Å². The number of carbonyl (C=O) groups excluding carboxylic acids is 1. The third-order valence-corrected chi connectivity index (χ3v) is 3.62. The van der Waals surface area contributed by atoms with Crippen molar-refractivity contribution in [3.63, 3.8) is 0 Å². The quantitative estimate of drug-likeness (QED) is 0.810. The molecule has 104 valence electrons. The van der Waals surface area contributed by atoms with Crippen LogP contribution in [-0.2, 0) is 4.79 Å². The maximum absolute atomic E-state index is 13.5. The lowest BCUT2D eigenvalue weighted by Gasteiger charge is -2.20. The molecule has 1 aromatic carbocycles. The van der Waals surface area contributed by atoms with Crippen molar-refractivity contribution < 1.29 is 13.6 Å². The summed E-state index contributed by atoms with van der Waals surface area (Å²) in [6, 6.07) is 3.52. The Kier molecular flexibility index (Phi) is 4.47. The van der Waals surface area contributed by atoms with Crippen molar-refractivity contribution in [2.45, 2.75) is 38.1 Å². The van der Waals surface area contributed by atoms with E-state index < -0.39 is 11.6 Å². The lowest BCUT2D eigenvalue weighted by atomic mass is 9.94. The standard InChI is InChI=1S/C14H18F2N2O/c15-10-6-4-8-12(13(10)16)18-14(19)9-5-2-1-3-7-11(9)17/h4,6,8-9,11H,1-3,5,7,17H2,(H,18,19). The molecule has 1 fully saturated rings. The summed E-state index contributed by atoms with van der Waals surface area (Å²) in [6.45, 7) is 0. The van der Waals surface area contributed by atoms with Gasteiger partial charge in [0.05, 0.1) is 11.6 Å². The van der Waals surface area contributed by atoms with Gasteiger partial charge in [-0.25, -0.2) is 8.78 Å². The fourth-order valence-electron chi connectivity index (χ4n) is 2.49. The lowest BCUT2D eigenvalue weighted by Crippen LogP contribution is -2.38. The SMILES string of the molecule is NC1CCCCCC1C(=O)Nc1cccc(F)c1F. The molecule has 2 atom stereocenters. The van der Waals surface area contributed by atoms with Gasteiger partial charge < -0.3 is 11.1 Å². The first-order chi connectivity index (χ1) is 9.09. The Bertz CT molecular complexity index is 465. The van der Waals surface area contributed by atoms with Crippen LogP contribution in [0.1, 0.15) is 32.1 Å². The van der Waals surface area contributed by atoms with Gasteiger partial charge in [0.2, 0.25) is 5.91 Å². The van der Waals surface area contributed by atoms with Crippen molar-refractivity contribution in [2.75, 3.05) is 5.32 Å². The van der Waals surface area contributed by atoms with Gasteiger partial charge in [-0.15, -0.1) is 0 Å². The summed E-state index contributed by atoms with van der Waals surface area (Å²) in [5.74, 6) is -2.65. The van der Waals surface area contributed by atoms with E-state index in [-0.39, 0.29) is 23.6 Å².